The fourth-order valence-corrected chi connectivity index (χ4v) is 2.98. The number of hydrogen-bond acceptors (Lipinski definition) is 3. The first kappa shape index (κ1) is 14.1. The van der Waals surface area contributed by atoms with Gasteiger partial charge in [-0.25, -0.2) is 13.8 Å². The largest absolute Gasteiger partial charge is 0.305 e. The van der Waals surface area contributed by atoms with Crippen LogP contribution >= 0.6 is 11.3 Å². The third-order valence-electron chi connectivity index (χ3n) is 2.87. The van der Waals surface area contributed by atoms with Gasteiger partial charge in [-0.15, -0.1) is 11.3 Å². The molecular weight excluding hydrogens is 266 g/mol. The Morgan fingerprint density at radius 3 is 2.37 bits per heavy atom. The van der Waals surface area contributed by atoms with Gasteiger partial charge in [0, 0.05) is 23.5 Å². The predicted molar refractivity (Wildman–Crippen MR) is 73.2 cm³/mol. The smallest absolute Gasteiger partial charge is 0.126 e. The number of aryl methyl sites for hydroxylation is 2. The van der Waals surface area contributed by atoms with Gasteiger partial charge in [0.05, 0.1) is 10.7 Å². The lowest BCUT2D eigenvalue weighted by molar-refractivity contribution is 0.556. The van der Waals surface area contributed by atoms with E-state index in [0.29, 0.717) is 12.1 Å². The van der Waals surface area contributed by atoms with E-state index in [9.17, 15) is 8.78 Å². The van der Waals surface area contributed by atoms with Crippen LogP contribution in [-0.2, 0) is 6.54 Å². The Hall–Kier alpha value is -1.33. The number of nitrogens with zero attached hydrogens (tertiary/aromatic N) is 1. The first-order valence-corrected chi connectivity index (χ1v) is 6.89. The molecule has 1 unspecified atom stereocenters. The SMILES string of the molecule is Cc1nc(C)c(C(C)NCc2cc(F)cc(F)c2)s1. The standard InChI is InChI=1S/C14H16F2N2S/c1-8(14-9(2)18-10(3)19-14)17-7-11-4-12(15)6-13(16)5-11/h4-6,8,17H,7H2,1-3H3. The molecule has 102 valence electrons. The van der Waals surface area contributed by atoms with Gasteiger partial charge < -0.3 is 5.32 Å². The minimum Gasteiger partial charge on any atom is -0.305 e. The molecule has 1 heterocycles. The fourth-order valence-electron chi connectivity index (χ4n) is 2.03. The molecule has 0 aliphatic rings. The molecule has 0 spiro atoms. The van der Waals surface area contributed by atoms with Gasteiger partial charge >= 0.3 is 0 Å². The third kappa shape index (κ3) is 3.58. The summed E-state index contributed by atoms with van der Waals surface area (Å²) in [5, 5.41) is 4.29. The molecule has 0 radical (unpaired) electrons. The highest BCUT2D eigenvalue weighted by molar-refractivity contribution is 7.11. The summed E-state index contributed by atoms with van der Waals surface area (Å²) in [6, 6.07) is 3.67. The van der Waals surface area contributed by atoms with Gasteiger partial charge in [0.15, 0.2) is 0 Å². The second-order valence-electron chi connectivity index (χ2n) is 4.56. The number of hydrogen-bond donors (Lipinski definition) is 1. The third-order valence-corrected chi connectivity index (χ3v) is 4.12. The summed E-state index contributed by atoms with van der Waals surface area (Å²) in [7, 11) is 0. The highest BCUT2D eigenvalue weighted by atomic mass is 32.1. The quantitative estimate of drug-likeness (QED) is 0.920. The Kier molecular flexibility index (Phi) is 4.27. The van der Waals surface area contributed by atoms with Gasteiger partial charge in [0.2, 0.25) is 0 Å². The molecule has 1 atom stereocenters. The van der Waals surface area contributed by atoms with E-state index in [0.717, 1.165) is 21.6 Å². The van der Waals surface area contributed by atoms with Crippen molar-refractivity contribution in [1.29, 1.82) is 0 Å². The molecule has 2 aromatic rings. The van der Waals surface area contributed by atoms with Gasteiger partial charge in [0.1, 0.15) is 11.6 Å². The summed E-state index contributed by atoms with van der Waals surface area (Å²) in [4.78, 5) is 5.54. The van der Waals surface area contributed by atoms with Crippen LogP contribution in [0, 0.1) is 25.5 Å². The average Bonchev–Trinajstić information content (AvgIpc) is 2.64. The zero-order chi connectivity index (χ0) is 14.0. The summed E-state index contributed by atoms with van der Waals surface area (Å²) in [6.45, 7) is 6.39. The molecule has 0 amide bonds. The summed E-state index contributed by atoms with van der Waals surface area (Å²) in [5.41, 5.74) is 1.61. The second-order valence-corrected chi connectivity index (χ2v) is 5.80. The maximum Gasteiger partial charge on any atom is 0.126 e. The van der Waals surface area contributed by atoms with Crippen LogP contribution < -0.4 is 5.32 Å². The van der Waals surface area contributed by atoms with Gasteiger partial charge in [-0.05, 0) is 38.5 Å². The molecule has 1 aromatic carbocycles. The zero-order valence-corrected chi connectivity index (χ0v) is 11.9. The maximum absolute atomic E-state index is 13.1. The lowest BCUT2D eigenvalue weighted by Gasteiger charge is -2.13. The fraction of sp³-hybridized carbons (Fsp3) is 0.357. The molecule has 0 fully saturated rings. The van der Waals surface area contributed by atoms with E-state index >= 15 is 0 Å². The van der Waals surface area contributed by atoms with E-state index in [2.05, 4.69) is 10.3 Å². The van der Waals surface area contributed by atoms with Crippen molar-refractivity contribution in [2.45, 2.75) is 33.4 Å². The Morgan fingerprint density at radius 2 is 1.84 bits per heavy atom. The number of benzene rings is 1. The van der Waals surface area contributed by atoms with Crippen LogP contribution in [0.3, 0.4) is 0 Å². The van der Waals surface area contributed by atoms with Crippen molar-refractivity contribution >= 4 is 11.3 Å². The van der Waals surface area contributed by atoms with E-state index < -0.39 is 11.6 Å². The van der Waals surface area contributed by atoms with Crippen molar-refractivity contribution in [2.75, 3.05) is 0 Å². The highest BCUT2D eigenvalue weighted by Gasteiger charge is 2.12. The van der Waals surface area contributed by atoms with E-state index in [1.54, 1.807) is 11.3 Å². The van der Waals surface area contributed by atoms with Gasteiger partial charge in [-0.1, -0.05) is 0 Å². The predicted octanol–water partition coefficient (Wildman–Crippen LogP) is 3.89. The Bertz CT molecular complexity index is 561. The molecular formula is C14H16F2N2S. The van der Waals surface area contributed by atoms with Crippen LogP contribution in [0.15, 0.2) is 18.2 Å². The summed E-state index contributed by atoms with van der Waals surface area (Å²) >= 11 is 1.64. The molecule has 19 heavy (non-hydrogen) atoms. The van der Waals surface area contributed by atoms with Crippen molar-refractivity contribution in [3.05, 3.63) is 51.0 Å². The van der Waals surface area contributed by atoms with Gasteiger partial charge in [-0.2, -0.15) is 0 Å². The van der Waals surface area contributed by atoms with Crippen LogP contribution in [0.2, 0.25) is 0 Å². The monoisotopic (exact) mass is 282 g/mol. The van der Waals surface area contributed by atoms with Crippen molar-refractivity contribution in [1.82, 2.24) is 10.3 Å². The number of rotatable bonds is 4. The summed E-state index contributed by atoms with van der Waals surface area (Å²) in [6.07, 6.45) is 0. The second kappa shape index (κ2) is 5.75. The van der Waals surface area contributed by atoms with E-state index in [1.807, 2.05) is 20.8 Å². The Morgan fingerprint density at radius 1 is 1.21 bits per heavy atom. The van der Waals surface area contributed by atoms with Crippen LogP contribution in [0.5, 0.6) is 0 Å². The number of thiazole rings is 1. The number of nitrogens with one attached hydrogen (secondary N) is 1. The first-order valence-electron chi connectivity index (χ1n) is 6.08. The first-order chi connectivity index (χ1) is 8.95. The van der Waals surface area contributed by atoms with Gasteiger partial charge in [-0.3, -0.25) is 0 Å². The number of aromatic nitrogens is 1. The highest BCUT2D eigenvalue weighted by Crippen LogP contribution is 2.24. The zero-order valence-electron chi connectivity index (χ0n) is 11.1. The summed E-state index contributed by atoms with van der Waals surface area (Å²) < 4.78 is 26.1. The summed E-state index contributed by atoms with van der Waals surface area (Å²) in [5.74, 6) is -1.09. The molecule has 0 saturated heterocycles. The molecule has 2 nitrogen and oxygen atoms in total. The van der Waals surface area contributed by atoms with Crippen molar-refractivity contribution in [3.8, 4) is 0 Å². The van der Waals surface area contributed by atoms with Crippen molar-refractivity contribution in [3.63, 3.8) is 0 Å². The van der Waals surface area contributed by atoms with Crippen LogP contribution in [0.25, 0.3) is 0 Å². The topological polar surface area (TPSA) is 24.9 Å². The minimum atomic E-state index is -0.547. The minimum absolute atomic E-state index is 0.109. The molecule has 2 rings (SSSR count). The van der Waals surface area contributed by atoms with Crippen molar-refractivity contribution < 1.29 is 8.78 Å². The van der Waals surface area contributed by atoms with E-state index in [1.165, 1.54) is 12.1 Å². The molecule has 0 aliphatic heterocycles. The molecule has 0 aliphatic carbocycles. The van der Waals surface area contributed by atoms with Crippen LogP contribution in [-0.4, -0.2) is 4.98 Å². The molecule has 5 heteroatoms. The van der Waals surface area contributed by atoms with Crippen LogP contribution in [0.1, 0.15) is 34.1 Å². The average molecular weight is 282 g/mol. The van der Waals surface area contributed by atoms with E-state index in [-0.39, 0.29) is 6.04 Å². The Labute approximate surface area is 115 Å². The van der Waals surface area contributed by atoms with Gasteiger partial charge in [0.25, 0.3) is 0 Å². The van der Waals surface area contributed by atoms with E-state index in [4.69, 9.17) is 0 Å². The molecule has 0 bridgehead atoms. The molecule has 1 aromatic heterocycles. The Balaban J connectivity index is 2.04. The van der Waals surface area contributed by atoms with Crippen LogP contribution in [0.4, 0.5) is 8.78 Å². The number of halogens is 2. The molecule has 1 N–H and O–H groups in total. The molecule has 0 saturated carbocycles. The normalized spacial score (nSPS) is 12.7. The maximum atomic E-state index is 13.1. The van der Waals surface area contributed by atoms with Crippen molar-refractivity contribution in [2.24, 2.45) is 0 Å². The lowest BCUT2D eigenvalue weighted by atomic mass is 10.2. The lowest BCUT2D eigenvalue weighted by Crippen LogP contribution is -2.18.